The van der Waals surface area contributed by atoms with Crippen LogP contribution < -0.4 is 10.0 Å². The number of nitrogens with one attached hydrogen (secondary N) is 2. The highest BCUT2D eigenvalue weighted by Crippen LogP contribution is 2.39. The maximum Gasteiger partial charge on any atom is 0.211 e. The van der Waals surface area contributed by atoms with Crippen LogP contribution in [-0.4, -0.2) is 11.1 Å². The van der Waals surface area contributed by atoms with Gasteiger partial charge in [0.25, 0.3) is 0 Å². The second-order valence-corrected chi connectivity index (χ2v) is 5.30. The minimum absolute atomic E-state index is 0.201. The lowest BCUT2D eigenvalue weighted by molar-refractivity contribution is 0.468. The maximum atomic E-state index is 13.2. The average Bonchev–Trinajstić information content (AvgIpc) is 2.42. The van der Waals surface area contributed by atoms with Gasteiger partial charge in [-0.2, -0.15) is 0 Å². The number of anilines is 1. The highest BCUT2D eigenvalue weighted by atomic mass is 35.5. The first-order valence-electron chi connectivity index (χ1n) is 5.69. The van der Waals surface area contributed by atoms with E-state index in [9.17, 15) is 9.50 Å². The van der Waals surface area contributed by atoms with Crippen molar-refractivity contribution < 1.29 is 9.50 Å². The van der Waals surface area contributed by atoms with Gasteiger partial charge < -0.3 is 10.4 Å². The van der Waals surface area contributed by atoms with Crippen LogP contribution in [0.5, 0.6) is 5.75 Å². The molecular weight excluding hydrogens is 301 g/mol. The Kier molecular flexibility index (Phi) is 3.42. The Morgan fingerprint density at radius 3 is 2.90 bits per heavy atom. The minimum Gasteiger partial charge on any atom is -0.506 e. The van der Waals surface area contributed by atoms with E-state index in [2.05, 4.69) is 15.0 Å². The summed E-state index contributed by atoms with van der Waals surface area (Å²) in [6.45, 7) is 0. The number of guanidine groups is 1. The van der Waals surface area contributed by atoms with Gasteiger partial charge in [-0.25, -0.2) is 9.38 Å². The summed E-state index contributed by atoms with van der Waals surface area (Å²) in [6, 6.07) is 9.55. The summed E-state index contributed by atoms with van der Waals surface area (Å²) in [6.07, 6.45) is 0. The van der Waals surface area contributed by atoms with Gasteiger partial charge in [0.2, 0.25) is 5.96 Å². The zero-order valence-corrected chi connectivity index (χ0v) is 11.6. The number of aromatic hydroxyl groups is 1. The van der Waals surface area contributed by atoms with Crippen LogP contribution in [0, 0.1) is 5.82 Å². The van der Waals surface area contributed by atoms with Crippen LogP contribution in [-0.2, 0) is 0 Å². The monoisotopic (exact) mass is 309 g/mol. The van der Waals surface area contributed by atoms with Crippen LogP contribution in [0.1, 0.15) is 0 Å². The van der Waals surface area contributed by atoms with Crippen molar-refractivity contribution >= 4 is 40.9 Å². The number of hydrogen-bond donors (Lipinski definition) is 3. The molecule has 7 heteroatoms. The molecule has 1 aliphatic rings. The van der Waals surface area contributed by atoms with Crippen molar-refractivity contribution in [2.24, 2.45) is 4.99 Å². The highest BCUT2D eigenvalue weighted by molar-refractivity contribution is 7.98. The van der Waals surface area contributed by atoms with Gasteiger partial charge in [0, 0.05) is 6.07 Å². The van der Waals surface area contributed by atoms with Crippen molar-refractivity contribution in [3.63, 3.8) is 0 Å². The molecule has 102 valence electrons. The third-order valence-electron chi connectivity index (χ3n) is 2.63. The number of rotatable bonds is 1. The molecule has 0 atom stereocenters. The van der Waals surface area contributed by atoms with E-state index in [1.54, 1.807) is 12.1 Å². The van der Waals surface area contributed by atoms with Crippen molar-refractivity contribution in [2.75, 3.05) is 5.32 Å². The molecule has 4 nitrogen and oxygen atoms in total. The zero-order chi connectivity index (χ0) is 14.1. The van der Waals surface area contributed by atoms with Gasteiger partial charge in [-0.15, -0.1) is 0 Å². The van der Waals surface area contributed by atoms with Gasteiger partial charge in [0.05, 0.1) is 15.6 Å². The minimum atomic E-state index is -0.506. The van der Waals surface area contributed by atoms with Crippen molar-refractivity contribution in [1.29, 1.82) is 0 Å². The second kappa shape index (κ2) is 5.22. The molecule has 3 N–H and O–H groups in total. The number of phenolic OH excluding ortho intramolecular Hbond substituents is 1. The van der Waals surface area contributed by atoms with E-state index in [1.807, 2.05) is 12.1 Å². The molecule has 2 aromatic rings. The summed E-state index contributed by atoms with van der Waals surface area (Å²) in [5.74, 6) is -0.293. The van der Waals surface area contributed by atoms with Crippen LogP contribution in [0.2, 0.25) is 5.02 Å². The molecule has 0 saturated carbocycles. The summed E-state index contributed by atoms with van der Waals surface area (Å²) < 4.78 is 16.1. The summed E-state index contributed by atoms with van der Waals surface area (Å²) in [4.78, 5) is 4.74. The Balaban J connectivity index is 1.93. The van der Waals surface area contributed by atoms with Gasteiger partial charge in [-0.1, -0.05) is 23.7 Å². The molecule has 1 aliphatic heterocycles. The Bertz CT molecular complexity index is 708. The third-order valence-corrected chi connectivity index (χ3v) is 3.78. The number of aliphatic imine (C=N–C) groups is 1. The molecule has 2 aromatic carbocycles. The van der Waals surface area contributed by atoms with E-state index in [1.165, 1.54) is 6.07 Å². The van der Waals surface area contributed by atoms with E-state index >= 15 is 0 Å². The fourth-order valence-electron chi connectivity index (χ4n) is 1.73. The number of halogens is 2. The SMILES string of the molecule is Oc1cc(F)cc2c1N=C(Nc1ccccc1Cl)NS2. The lowest BCUT2D eigenvalue weighted by atomic mass is 10.3. The summed E-state index contributed by atoms with van der Waals surface area (Å²) in [5, 5.41) is 13.3. The van der Waals surface area contributed by atoms with Gasteiger partial charge in [-0.05, 0) is 30.1 Å². The number of phenols is 1. The van der Waals surface area contributed by atoms with Crippen molar-refractivity contribution in [1.82, 2.24) is 4.72 Å². The van der Waals surface area contributed by atoms with E-state index in [0.29, 0.717) is 27.3 Å². The summed E-state index contributed by atoms with van der Waals surface area (Å²) in [7, 11) is 0. The predicted octanol–water partition coefficient (Wildman–Crippen LogP) is 3.89. The fourth-order valence-corrected chi connectivity index (χ4v) is 2.64. The molecule has 0 radical (unpaired) electrons. The summed E-state index contributed by atoms with van der Waals surface area (Å²) in [5.41, 5.74) is 1.01. The molecule has 1 heterocycles. The van der Waals surface area contributed by atoms with Crippen molar-refractivity contribution in [2.45, 2.75) is 4.90 Å². The molecule has 0 aliphatic carbocycles. The Labute approximate surface area is 123 Å². The zero-order valence-electron chi connectivity index (χ0n) is 10.0. The molecule has 0 bridgehead atoms. The van der Waals surface area contributed by atoms with Crippen molar-refractivity contribution in [3.8, 4) is 5.75 Å². The first kappa shape index (κ1) is 13.1. The smallest absolute Gasteiger partial charge is 0.211 e. The number of hydrogen-bond acceptors (Lipinski definition) is 5. The molecule has 3 rings (SSSR count). The lowest BCUT2D eigenvalue weighted by Gasteiger charge is -2.18. The molecule has 0 fully saturated rings. The first-order valence-corrected chi connectivity index (χ1v) is 6.88. The van der Waals surface area contributed by atoms with Gasteiger partial charge in [0.1, 0.15) is 17.3 Å². The quantitative estimate of drug-likeness (QED) is 0.699. The van der Waals surface area contributed by atoms with E-state index in [-0.39, 0.29) is 5.75 Å². The van der Waals surface area contributed by atoms with Gasteiger partial charge in [-0.3, -0.25) is 4.72 Å². The van der Waals surface area contributed by atoms with Crippen molar-refractivity contribution in [3.05, 3.63) is 47.2 Å². The van der Waals surface area contributed by atoms with Crippen LogP contribution in [0.4, 0.5) is 15.8 Å². The third kappa shape index (κ3) is 2.52. The molecule has 0 spiro atoms. The van der Waals surface area contributed by atoms with Gasteiger partial charge in [0.15, 0.2) is 0 Å². The van der Waals surface area contributed by atoms with Crippen LogP contribution in [0.25, 0.3) is 0 Å². The van der Waals surface area contributed by atoms with E-state index in [0.717, 1.165) is 18.0 Å². The summed E-state index contributed by atoms with van der Waals surface area (Å²) >= 11 is 7.21. The Morgan fingerprint density at radius 2 is 2.10 bits per heavy atom. The fraction of sp³-hybridized carbons (Fsp3) is 0. The Hall–Kier alpha value is -1.92. The maximum absolute atomic E-state index is 13.2. The molecule has 0 saturated heterocycles. The Morgan fingerprint density at radius 1 is 1.30 bits per heavy atom. The topological polar surface area (TPSA) is 56.7 Å². The van der Waals surface area contributed by atoms with Crippen LogP contribution >= 0.6 is 23.5 Å². The molecule has 0 aromatic heterocycles. The highest BCUT2D eigenvalue weighted by Gasteiger charge is 2.17. The van der Waals surface area contributed by atoms with Crippen LogP contribution in [0.3, 0.4) is 0 Å². The first-order chi connectivity index (χ1) is 9.63. The van der Waals surface area contributed by atoms with E-state index < -0.39 is 5.82 Å². The van der Waals surface area contributed by atoms with Crippen LogP contribution in [0.15, 0.2) is 46.3 Å². The largest absolute Gasteiger partial charge is 0.506 e. The number of nitrogens with zero attached hydrogens (tertiary/aromatic N) is 1. The van der Waals surface area contributed by atoms with E-state index in [4.69, 9.17) is 11.6 Å². The predicted molar refractivity (Wildman–Crippen MR) is 79.2 cm³/mol. The normalized spacial score (nSPS) is 13.2. The molecule has 0 unspecified atom stereocenters. The standard InChI is InChI=1S/C13H9ClFN3OS/c14-8-3-1-2-4-9(8)16-13-17-12-10(19)5-7(15)6-11(12)20-18-13/h1-6,19H,(H2,16,17,18). The lowest BCUT2D eigenvalue weighted by Crippen LogP contribution is -2.27. The molecule has 0 amide bonds. The number of para-hydroxylation sites is 1. The second-order valence-electron chi connectivity index (χ2n) is 4.04. The molecule has 20 heavy (non-hydrogen) atoms. The number of benzene rings is 2. The molecular formula is C13H9ClFN3OS. The average molecular weight is 310 g/mol. The van der Waals surface area contributed by atoms with Gasteiger partial charge >= 0.3 is 0 Å². The number of fused-ring (bicyclic) bond motifs is 1.